The second-order valence-electron chi connectivity index (χ2n) is 1.76. The summed E-state index contributed by atoms with van der Waals surface area (Å²) in [6.07, 6.45) is 5.03. The highest BCUT2D eigenvalue weighted by Crippen LogP contribution is 1.94. The number of thiol groups is 1. The van der Waals surface area contributed by atoms with Crippen molar-refractivity contribution in [2.24, 2.45) is 0 Å². The van der Waals surface area contributed by atoms with Gasteiger partial charge in [-0.15, -0.1) is 18.2 Å². The van der Waals surface area contributed by atoms with E-state index in [0.29, 0.717) is 12.3 Å². The first-order chi connectivity index (χ1) is 5.31. The van der Waals surface area contributed by atoms with Gasteiger partial charge in [-0.25, -0.2) is 0 Å². The second-order valence-corrected chi connectivity index (χ2v) is 3.19. The minimum atomic E-state index is -0.0327. The Morgan fingerprint density at radius 1 is 1.73 bits per heavy atom. The fourth-order valence-electron chi connectivity index (χ4n) is 0.450. The minimum Gasteiger partial charge on any atom is -0.355 e. The Balaban J connectivity index is 3.03. The summed E-state index contributed by atoms with van der Waals surface area (Å²) in [6.45, 7) is 0.672. The van der Waals surface area contributed by atoms with Gasteiger partial charge in [-0.2, -0.15) is 12.6 Å². The Kier molecular flexibility index (Phi) is 7.64. The predicted octanol–water partition coefficient (Wildman–Crippen LogP) is 0.399. The van der Waals surface area contributed by atoms with Gasteiger partial charge in [0.2, 0.25) is 5.91 Å². The molecule has 11 heavy (non-hydrogen) atoms. The minimum absolute atomic E-state index is 0.0327. The molecule has 1 N–H and O–H groups in total. The summed E-state index contributed by atoms with van der Waals surface area (Å²) in [5.74, 6) is 4.29. The number of nitrogens with one attached hydrogen (secondary N) is 1. The molecule has 0 saturated heterocycles. The number of carbonyl (C=O) groups is 1. The van der Waals surface area contributed by atoms with Crippen molar-refractivity contribution < 1.29 is 4.79 Å². The van der Waals surface area contributed by atoms with Gasteiger partial charge in [0, 0.05) is 12.3 Å². The molecule has 0 saturated carbocycles. The van der Waals surface area contributed by atoms with Crippen molar-refractivity contribution in [2.75, 3.05) is 23.8 Å². The molecule has 0 unspecified atom stereocenters. The molecule has 1 amide bonds. The van der Waals surface area contributed by atoms with Crippen LogP contribution in [0.5, 0.6) is 0 Å². The van der Waals surface area contributed by atoms with E-state index in [0.717, 1.165) is 5.75 Å². The fraction of sp³-hybridized carbons (Fsp3) is 0.571. The molecular formula is C7H11NOS2. The number of thioether (sulfide) groups is 1. The molecule has 0 heterocycles. The van der Waals surface area contributed by atoms with Crippen molar-refractivity contribution in [1.29, 1.82) is 0 Å². The molecule has 0 aliphatic rings. The Hall–Kier alpha value is -0.270. The summed E-state index contributed by atoms with van der Waals surface area (Å²) in [7, 11) is 0. The molecule has 4 heteroatoms. The molecular weight excluding hydrogens is 178 g/mol. The summed E-state index contributed by atoms with van der Waals surface area (Å²) in [5.41, 5.74) is 0. The molecule has 0 aromatic heterocycles. The molecule has 2 nitrogen and oxygen atoms in total. The van der Waals surface area contributed by atoms with E-state index in [1.165, 1.54) is 0 Å². The molecule has 0 aliphatic heterocycles. The fourth-order valence-corrected chi connectivity index (χ4v) is 1.07. The zero-order valence-electron chi connectivity index (χ0n) is 6.17. The smallest absolute Gasteiger partial charge is 0.229 e. The van der Waals surface area contributed by atoms with Crippen molar-refractivity contribution in [3.63, 3.8) is 0 Å². The van der Waals surface area contributed by atoms with Gasteiger partial charge in [0.1, 0.15) is 0 Å². The first kappa shape index (κ1) is 10.7. The molecule has 0 aromatic carbocycles. The van der Waals surface area contributed by atoms with Crippen LogP contribution in [-0.2, 0) is 4.79 Å². The summed E-state index contributed by atoms with van der Waals surface area (Å²) in [6, 6.07) is 0. The number of hydrogen-bond acceptors (Lipinski definition) is 3. The van der Waals surface area contributed by atoms with E-state index in [-0.39, 0.29) is 11.7 Å². The third-order valence-electron chi connectivity index (χ3n) is 0.898. The summed E-state index contributed by atoms with van der Waals surface area (Å²) < 4.78 is 0. The van der Waals surface area contributed by atoms with Crippen molar-refractivity contribution in [1.82, 2.24) is 5.32 Å². The lowest BCUT2D eigenvalue weighted by molar-refractivity contribution is -0.118. The van der Waals surface area contributed by atoms with E-state index in [4.69, 9.17) is 6.42 Å². The largest absolute Gasteiger partial charge is 0.355 e. The van der Waals surface area contributed by atoms with Crippen LogP contribution in [0.15, 0.2) is 0 Å². The third kappa shape index (κ3) is 7.63. The normalized spacial score (nSPS) is 8.73. The second kappa shape index (κ2) is 7.83. The maximum absolute atomic E-state index is 10.6. The maximum Gasteiger partial charge on any atom is 0.229 e. The van der Waals surface area contributed by atoms with E-state index < -0.39 is 0 Å². The lowest BCUT2D eigenvalue weighted by Gasteiger charge is -2.00. The average molecular weight is 189 g/mol. The average Bonchev–Trinajstić information content (AvgIpc) is 2.04. The Morgan fingerprint density at radius 3 is 3.00 bits per heavy atom. The molecule has 0 fully saturated rings. The zero-order valence-corrected chi connectivity index (χ0v) is 7.88. The molecule has 0 aliphatic carbocycles. The maximum atomic E-state index is 10.6. The van der Waals surface area contributed by atoms with Crippen LogP contribution < -0.4 is 5.32 Å². The lowest BCUT2D eigenvalue weighted by atomic mass is 10.6. The van der Waals surface area contributed by atoms with Gasteiger partial charge >= 0.3 is 0 Å². The van der Waals surface area contributed by atoms with Gasteiger partial charge < -0.3 is 5.32 Å². The van der Waals surface area contributed by atoms with Crippen LogP contribution in [0, 0.1) is 12.3 Å². The number of rotatable bonds is 5. The van der Waals surface area contributed by atoms with E-state index >= 15 is 0 Å². The van der Waals surface area contributed by atoms with Crippen molar-refractivity contribution >= 4 is 30.3 Å². The third-order valence-corrected chi connectivity index (χ3v) is 2.05. The highest BCUT2D eigenvalue weighted by Gasteiger charge is 1.94. The zero-order chi connectivity index (χ0) is 8.53. The van der Waals surface area contributed by atoms with E-state index in [1.807, 2.05) is 0 Å². The van der Waals surface area contributed by atoms with Crippen molar-refractivity contribution in [3.05, 3.63) is 0 Å². The Bertz CT molecular complexity index is 153. The van der Waals surface area contributed by atoms with Gasteiger partial charge in [-0.05, 0) is 0 Å². The highest BCUT2D eigenvalue weighted by atomic mass is 32.2. The summed E-state index contributed by atoms with van der Waals surface area (Å²) in [4.78, 5) is 10.6. The van der Waals surface area contributed by atoms with Crippen molar-refractivity contribution in [2.45, 2.75) is 0 Å². The monoisotopic (exact) mass is 189 g/mol. The molecule has 0 rings (SSSR count). The Labute approximate surface area is 76.9 Å². The first-order valence-corrected chi connectivity index (χ1v) is 4.98. The van der Waals surface area contributed by atoms with E-state index in [1.54, 1.807) is 11.8 Å². The van der Waals surface area contributed by atoms with Crippen LogP contribution in [0.3, 0.4) is 0 Å². The number of amides is 1. The van der Waals surface area contributed by atoms with Crippen LogP contribution in [0.1, 0.15) is 0 Å². The van der Waals surface area contributed by atoms with E-state index in [2.05, 4.69) is 23.9 Å². The standard InChI is InChI=1S/C7H11NOS2/c1-2-4-11-5-3-8-7(9)6-10/h1,10H,3-6H2,(H,8,9). The quantitative estimate of drug-likeness (QED) is 0.372. The molecule has 0 spiro atoms. The lowest BCUT2D eigenvalue weighted by Crippen LogP contribution is -2.26. The van der Waals surface area contributed by atoms with Gasteiger partial charge in [0.15, 0.2) is 0 Å². The summed E-state index contributed by atoms with van der Waals surface area (Å²) in [5, 5.41) is 2.69. The van der Waals surface area contributed by atoms with Crippen LogP contribution in [0.2, 0.25) is 0 Å². The molecule has 0 bridgehead atoms. The van der Waals surface area contributed by atoms with Crippen molar-refractivity contribution in [3.8, 4) is 12.3 Å². The topological polar surface area (TPSA) is 29.1 Å². The van der Waals surface area contributed by atoms with E-state index in [9.17, 15) is 4.79 Å². The molecule has 0 aromatic rings. The molecule has 0 radical (unpaired) electrons. The van der Waals surface area contributed by atoms with Crippen LogP contribution in [-0.4, -0.2) is 29.7 Å². The predicted molar refractivity (Wildman–Crippen MR) is 53.0 cm³/mol. The van der Waals surface area contributed by atoms with Crippen LogP contribution in [0.4, 0.5) is 0 Å². The first-order valence-electron chi connectivity index (χ1n) is 3.20. The SMILES string of the molecule is C#CCSCCNC(=O)CS. The summed E-state index contributed by atoms with van der Waals surface area (Å²) >= 11 is 5.44. The van der Waals surface area contributed by atoms with Gasteiger partial charge in [-0.3, -0.25) is 4.79 Å². The van der Waals surface area contributed by atoms with Crippen LogP contribution >= 0.6 is 24.4 Å². The van der Waals surface area contributed by atoms with Crippen LogP contribution in [0.25, 0.3) is 0 Å². The van der Waals surface area contributed by atoms with Gasteiger partial charge in [0.25, 0.3) is 0 Å². The molecule has 62 valence electrons. The Morgan fingerprint density at radius 2 is 2.45 bits per heavy atom. The number of carbonyl (C=O) groups excluding carboxylic acids is 1. The number of hydrogen-bond donors (Lipinski definition) is 2. The molecule has 0 atom stereocenters. The highest BCUT2D eigenvalue weighted by molar-refractivity contribution is 7.99. The number of terminal acetylenes is 1. The van der Waals surface area contributed by atoms with Gasteiger partial charge in [-0.1, -0.05) is 5.92 Å². The van der Waals surface area contributed by atoms with Gasteiger partial charge in [0.05, 0.1) is 11.5 Å².